The molecule has 0 bridgehead atoms. The van der Waals surface area contributed by atoms with Crippen LogP contribution in [0.25, 0.3) is 10.9 Å². The number of rotatable bonds is 4. The lowest BCUT2D eigenvalue weighted by molar-refractivity contribution is 0.151. The molecule has 1 heterocycles. The average molecular weight is 273 g/mol. The second kappa shape index (κ2) is 5.28. The standard InChI is InChI=1S/C15H13F2N3/c16-15(17)11-3-1-10(2-4-11)8-18-13-5-6-14-12(7-13)9-19-20-14/h1-7,9,15,18H,8H2,(H,19,20). The number of aromatic nitrogens is 2. The Morgan fingerprint density at radius 2 is 1.90 bits per heavy atom. The van der Waals surface area contributed by atoms with Gasteiger partial charge in [0, 0.05) is 23.2 Å². The molecule has 0 atom stereocenters. The van der Waals surface area contributed by atoms with Gasteiger partial charge in [0.05, 0.1) is 11.7 Å². The van der Waals surface area contributed by atoms with Crippen molar-refractivity contribution in [3.05, 3.63) is 59.8 Å². The van der Waals surface area contributed by atoms with E-state index in [0.717, 1.165) is 22.2 Å². The summed E-state index contributed by atoms with van der Waals surface area (Å²) in [6.45, 7) is 0.590. The lowest BCUT2D eigenvalue weighted by Crippen LogP contribution is -1.99. The van der Waals surface area contributed by atoms with Crippen molar-refractivity contribution >= 4 is 16.6 Å². The molecule has 0 radical (unpaired) electrons. The Bertz CT molecular complexity index is 704. The summed E-state index contributed by atoms with van der Waals surface area (Å²) < 4.78 is 24.9. The predicted molar refractivity (Wildman–Crippen MR) is 74.8 cm³/mol. The van der Waals surface area contributed by atoms with Crippen LogP contribution in [-0.2, 0) is 6.54 Å². The van der Waals surface area contributed by atoms with Crippen LogP contribution < -0.4 is 5.32 Å². The lowest BCUT2D eigenvalue weighted by Gasteiger charge is -2.07. The molecule has 0 aliphatic heterocycles. The van der Waals surface area contributed by atoms with Gasteiger partial charge >= 0.3 is 0 Å². The molecule has 0 saturated carbocycles. The van der Waals surface area contributed by atoms with Gasteiger partial charge in [-0.2, -0.15) is 5.10 Å². The zero-order valence-corrected chi connectivity index (χ0v) is 10.6. The van der Waals surface area contributed by atoms with Gasteiger partial charge in [-0.3, -0.25) is 5.10 Å². The van der Waals surface area contributed by atoms with Crippen LogP contribution in [0.3, 0.4) is 0 Å². The molecule has 102 valence electrons. The molecule has 3 rings (SSSR count). The Labute approximate surface area is 114 Å². The summed E-state index contributed by atoms with van der Waals surface area (Å²) in [5, 5.41) is 11.1. The van der Waals surface area contributed by atoms with Crippen LogP contribution in [-0.4, -0.2) is 10.2 Å². The maximum Gasteiger partial charge on any atom is 0.263 e. The van der Waals surface area contributed by atoms with E-state index in [2.05, 4.69) is 15.5 Å². The molecule has 20 heavy (non-hydrogen) atoms. The van der Waals surface area contributed by atoms with E-state index in [-0.39, 0.29) is 5.56 Å². The summed E-state index contributed by atoms with van der Waals surface area (Å²) in [5.74, 6) is 0. The first-order valence-electron chi connectivity index (χ1n) is 6.26. The van der Waals surface area contributed by atoms with E-state index < -0.39 is 6.43 Å². The molecule has 5 heteroatoms. The van der Waals surface area contributed by atoms with Crippen LogP contribution in [0.2, 0.25) is 0 Å². The second-order valence-electron chi connectivity index (χ2n) is 4.57. The first-order chi connectivity index (χ1) is 9.72. The van der Waals surface area contributed by atoms with E-state index in [4.69, 9.17) is 0 Å². The molecule has 2 aromatic carbocycles. The van der Waals surface area contributed by atoms with Crippen LogP contribution in [0, 0.1) is 0 Å². The number of H-pyrrole nitrogens is 1. The molecule has 0 unspecified atom stereocenters. The number of hydrogen-bond donors (Lipinski definition) is 2. The van der Waals surface area contributed by atoms with Gasteiger partial charge in [-0.25, -0.2) is 8.78 Å². The van der Waals surface area contributed by atoms with Crippen LogP contribution >= 0.6 is 0 Å². The predicted octanol–water partition coefficient (Wildman–Crippen LogP) is 4.11. The van der Waals surface area contributed by atoms with Crippen molar-refractivity contribution in [1.29, 1.82) is 0 Å². The molecule has 3 nitrogen and oxygen atoms in total. The number of halogens is 2. The normalized spacial score (nSPS) is 11.2. The number of anilines is 1. The zero-order valence-electron chi connectivity index (χ0n) is 10.6. The van der Waals surface area contributed by atoms with Gasteiger partial charge in [0.1, 0.15) is 0 Å². The number of fused-ring (bicyclic) bond motifs is 1. The first-order valence-corrected chi connectivity index (χ1v) is 6.26. The molecule has 0 fully saturated rings. The van der Waals surface area contributed by atoms with E-state index in [1.165, 1.54) is 12.1 Å². The quantitative estimate of drug-likeness (QED) is 0.751. The lowest BCUT2D eigenvalue weighted by atomic mass is 10.1. The van der Waals surface area contributed by atoms with Crippen molar-refractivity contribution in [2.24, 2.45) is 0 Å². The summed E-state index contributed by atoms with van der Waals surface area (Å²) in [4.78, 5) is 0. The smallest absolute Gasteiger partial charge is 0.263 e. The number of hydrogen-bond acceptors (Lipinski definition) is 2. The summed E-state index contributed by atoms with van der Waals surface area (Å²) in [5.41, 5.74) is 2.96. The van der Waals surface area contributed by atoms with Gasteiger partial charge in [0.15, 0.2) is 0 Å². The fourth-order valence-electron chi connectivity index (χ4n) is 2.04. The van der Waals surface area contributed by atoms with E-state index in [1.807, 2.05) is 18.2 Å². The number of benzene rings is 2. The Hall–Kier alpha value is -2.43. The van der Waals surface area contributed by atoms with Crippen molar-refractivity contribution in [2.75, 3.05) is 5.32 Å². The highest BCUT2D eigenvalue weighted by Gasteiger charge is 2.05. The maximum absolute atomic E-state index is 12.4. The number of nitrogens with zero attached hydrogens (tertiary/aromatic N) is 1. The highest BCUT2D eigenvalue weighted by molar-refractivity contribution is 5.81. The van der Waals surface area contributed by atoms with Gasteiger partial charge < -0.3 is 5.32 Å². The summed E-state index contributed by atoms with van der Waals surface area (Å²) in [6, 6.07) is 12.2. The van der Waals surface area contributed by atoms with E-state index >= 15 is 0 Å². The van der Waals surface area contributed by atoms with Crippen LogP contribution in [0.4, 0.5) is 14.5 Å². The molecule has 2 N–H and O–H groups in total. The topological polar surface area (TPSA) is 40.7 Å². The summed E-state index contributed by atoms with van der Waals surface area (Å²) >= 11 is 0. The largest absolute Gasteiger partial charge is 0.381 e. The molecule has 0 amide bonds. The highest BCUT2D eigenvalue weighted by atomic mass is 19.3. The molecule has 0 aliphatic rings. The number of alkyl halides is 2. The number of nitrogens with one attached hydrogen (secondary N) is 2. The van der Waals surface area contributed by atoms with Crippen molar-refractivity contribution in [3.63, 3.8) is 0 Å². The van der Waals surface area contributed by atoms with Crippen molar-refractivity contribution in [2.45, 2.75) is 13.0 Å². The monoisotopic (exact) mass is 273 g/mol. The Balaban J connectivity index is 1.69. The molecular formula is C15H13F2N3. The fraction of sp³-hybridized carbons (Fsp3) is 0.133. The minimum atomic E-state index is -2.42. The maximum atomic E-state index is 12.4. The fourth-order valence-corrected chi connectivity index (χ4v) is 2.04. The third kappa shape index (κ3) is 2.61. The molecular weight excluding hydrogens is 260 g/mol. The Morgan fingerprint density at radius 1 is 1.10 bits per heavy atom. The van der Waals surface area contributed by atoms with Gasteiger partial charge in [-0.05, 0) is 23.8 Å². The highest BCUT2D eigenvalue weighted by Crippen LogP contribution is 2.20. The first kappa shape index (κ1) is 12.6. The third-order valence-electron chi connectivity index (χ3n) is 3.17. The van der Waals surface area contributed by atoms with Crippen molar-refractivity contribution in [3.8, 4) is 0 Å². The van der Waals surface area contributed by atoms with E-state index in [9.17, 15) is 8.78 Å². The Kier molecular flexibility index (Phi) is 3.33. The molecule has 0 spiro atoms. The summed E-state index contributed by atoms with van der Waals surface area (Å²) in [7, 11) is 0. The van der Waals surface area contributed by atoms with E-state index in [1.54, 1.807) is 18.3 Å². The van der Waals surface area contributed by atoms with Gasteiger partial charge in [0.25, 0.3) is 6.43 Å². The van der Waals surface area contributed by atoms with Crippen LogP contribution in [0.1, 0.15) is 17.6 Å². The average Bonchev–Trinajstić information content (AvgIpc) is 2.93. The van der Waals surface area contributed by atoms with Gasteiger partial charge in [0.2, 0.25) is 0 Å². The summed E-state index contributed by atoms with van der Waals surface area (Å²) in [6.07, 6.45) is -0.654. The zero-order chi connectivity index (χ0) is 13.9. The van der Waals surface area contributed by atoms with Gasteiger partial charge in [-0.15, -0.1) is 0 Å². The van der Waals surface area contributed by atoms with Crippen LogP contribution in [0.5, 0.6) is 0 Å². The van der Waals surface area contributed by atoms with E-state index in [0.29, 0.717) is 6.54 Å². The molecule has 3 aromatic rings. The molecule has 1 aromatic heterocycles. The molecule has 0 aliphatic carbocycles. The van der Waals surface area contributed by atoms with Crippen molar-refractivity contribution in [1.82, 2.24) is 10.2 Å². The number of aromatic amines is 1. The van der Waals surface area contributed by atoms with Crippen molar-refractivity contribution < 1.29 is 8.78 Å². The van der Waals surface area contributed by atoms with Gasteiger partial charge in [-0.1, -0.05) is 24.3 Å². The van der Waals surface area contributed by atoms with Crippen LogP contribution in [0.15, 0.2) is 48.7 Å². The Morgan fingerprint density at radius 3 is 2.65 bits per heavy atom. The SMILES string of the molecule is FC(F)c1ccc(CNc2ccc3[nH]ncc3c2)cc1. The minimum absolute atomic E-state index is 0.0496. The third-order valence-corrected chi connectivity index (χ3v) is 3.17. The second-order valence-corrected chi connectivity index (χ2v) is 4.57. The molecule has 0 saturated heterocycles. The minimum Gasteiger partial charge on any atom is -0.381 e.